The van der Waals surface area contributed by atoms with Gasteiger partial charge in [0.15, 0.2) is 0 Å². The predicted molar refractivity (Wildman–Crippen MR) is 79.7 cm³/mol. The smallest absolute Gasteiger partial charge is 0.0897 e. The third-order valence-corrected chi connectivity index (χ3v) is 3.90. The van der Waals surface area contributed by atoms with Gasteiger partial charge in [-0.3, -0.25) is 0 Å². The van der Waals surface area contributed by atoms with E-state index in [2.05, 4.69) is 24.1 Å². The van der Waals surface area contributed by atoms with Gasteiger partial charge in [-0.1, -0.05) is 13.8 Å². The predicted octanol–water partition coefficient (Wildman–Crippen LogP) is 2.01. The Labute approximate surface area is 120 Å². The fraction of sp³-hybridized carbons (Fsp3) is 0.786. The highest BCUT2D eigenvalue weighted by Gasteiger charge is 2.05. The van der Waals surface area contributed by atoms with Crippen LogP contribution in [0.5, 0.6) is 0 Å². The molecule has 0 radical (unpaired) electrons. The van der Waals surface area contributed by atoms with E-state index < -0.39 is 6.10 Å². The second kappa shape index (κ2) is 9.42. The lowest BCUT2D eigenvalue weighted by Gasteiger charge is -2.13. The van der Waals surface area contributed by atoms with Crippen LogP contribution in [0.1, 0.15) is 30.8 Å². The number of ether oxygens (including phenoxy) is 1. The molecule has 0 aliphatic heterocycles. The van der Waals surface area contributed by atoms with Gasteiger partial charge in [0.2, 0.25) is 0 Å². The molecule has 110 valence electrons. The number of aromatic nitrogens is 1. The van der Waals surface area contributed by atoms with Gasteiger partial charge in [-0.05, 0) is 25.8 Å². The van der Waals surface area contributed by atoms with Gasteiger partial charge in [-0.2, -0.15) is 0 Å². The van der Waals surface area contributed by atoms with Gasteiger partial charge in [0.25, 0.3) is 0 Å². The van der Waals surface area contributed by atoms with Gasteiger partial charge >= 0.3 is 0 Å². The molecule has 0 spiro atoms. The summed E-state index contributed by atoms with van der Waals surface area (Å²) < 4.78 is 5.49. The van der Waals surface area contributed by atoms with Gasteiger partial charge in [0, 0.05) is 17.8 Å². The van der Waals surface area contributed by atoms with Gasteiger partial charge in [0.1, 0.15) is 0 Å². The van der Waals surface area contributed by atoms with Crippen LogP contribution < -0.4 is 5.32 Å². The maximum absolute atomic E-state index is 9.73. The third kappa shape index (κ3) is 7.62. The average Bonchev–Trinajstić information content (AvgIpc) is 2.76. The Morgan fingerprint density at radius 2 is 2.26 bits per heavy atom. The van der Waals surface area contributed by atoms with Crippen LogP contribution in [0.3, 0.4) is 0 Å². The molecule has 0 amide bonds. The molecular formula is C14H26N2O2S. The van der Waals surface area contributed by atoms with Gasteiger partial charge in [-0.15, -0.1) is 11.3 Å². The summed E-state index contributed by atoms with van der Waals surface area (Å²) in [6.07, 6.45) is 1.59. The van der Waals surface area contributed by atoms with Crippen molar-refractivity contribution < 1.29 is 9.84 Å². The lowest BCUT2D eigenvalue weighted by molar-refractivity contribution is 0.0385. The summed E-state index contributed by atoms with van der Waals surface area (Å²) >= 11 is 1.66. The molecular weight excluding hydrogens is 260 g/mol. The van der Waals surface area contributed by atoms with Crippen LogP contribution in [0, 0.1) is 12.8 Å². The van der Waals surface area contributed by atoms with Crippen molar-refractivity contribution in [1.82, 2.24) is 10.3 Å². The SMILES string of the molecule is Cc1ncsc1CCOCC(O)CNCCC(C)C. The average molecular weight is 286 g/mol. The number of hydrogen-bond acceptors (Lipinski definition) is 5. The zero-order valence-corrected chi connectivity index (χ0v) is 13.0. The number of thiazole rings is 1. The zero-order chi connectivity index (χ0) is 14.1. The number of aliphatic hydroxyl groups is 1. The summed E-state index contributed by atoms with van der Waals surface area (Å²) in [4.78, 5) is 5.47. The number of nitrogens with zero attached hydrogens (tertiary/aromatic N) is 1. The minimum atomic E-state index is -0.422. The molecule has 2 N–H and O–H groups in total. The number of hydrogen-bond donors (Lipinski definition) is 2. The molecule has 0 aliphatic rings. The molecule has 4 nitrogen and oxygen atoms in total. The molecule has 1 aromatic rings. The highest BCUT2D eigenvalue weighted by Crippen LogP contribution is 2.12. The topological polar surface area (TPSA) is 54.4 Å². The van der Waals surface area contributed by atoms with Gasteiger partial charge in [0.05, 0.1) is 30.5 Å². The molecule has 19 heavy (non-hydrogen) atoms. The van der Waals surface area contributed by atoms with Crippen LogP contribution in [0.25, 0.3) is 0 Å². The molecule has 5 heteroatoms. The van der Waals surface area contributed by atoms with Crippen LogP contribution in [-0.4, -0.2) is 42.5 Å². The molecule has 0 saturated heterocycles. The molecule has 0 fully saturated rings. The van der Waals surface area contributed by atoms with Gasteiger partial charge in [-0.25, -0.2) is 4.98 Å². The first-order chi connectivity index (χ1) is 9.09. The molecule has 0 aliphatic carbocycles. The fourth-order valence-corrected chi connectivity index (χ4v) is 2.43. The summed E-state index contributed by atoms with van der Waals surface area (Å²) in [5, 5.41) is 13.0. The molecule has 0 aromatic carbocycles. The van der Waals surface area contributed by atoms with E-state index in [0.717, 1.165) is 25.1 Å². The normalized spacial score (nSPS) is 13.1. The maximum atomic E-state index is 9.73. The standard InChI is InChI=1S/C14H26N2O2S/c1-11(2)4-6-15-8-13(17)9-18-7-5-14-12(3)16-10-19-14/h10-11,13,15,17H,4-9H2,1-3H3. The molecule has 1 unspecified atom stereocenters. The second-order valence-electron chi connectivity index (χ2n) is 5.23. The fourth-order valence-electron chi connectivity index (χ4n) is 1.67. The summed E-state index contributed by atoms with van der Waals surface area (Å²) in [5.74, 6) is 0.698. The van der Waals surface area contributed by atoms with Crippen molar-refractivity contribution in [3.8, 4) is 0 Å². The molecule has 0 bridgehead atoms. The summed E-state index contributed by atoms with van der Waals surface area (Å²) in [6, 6.07) is 0. The number of rotatable bonds is 10. The Morgan fingerprint density at radius 1 is 1.47 bits per heavy atom. The van der Waals surface area contributed by atoms with Crippen LogP contribution in [0.15, 0.2) is 5.51 Å². The van der Waals surface area contributed by atoms with Crippen LogP contribution in [0.4, 0.5) is 0 Å². The van der Waals surface area contributed by atoms with E-state index in [4.69, 9.17) is 4.74 Å². The second-order valence-corrected chi connectivity index (χ2v) is 6.17. The van der Waals surface area contributed by atoms with Crippen molar-refractivity contribution in [2.24, 2.45) is 5.92 Å². The lowest BCUT2D eigenvalue weighted by Crippen LogP contribution is -2.31. The van der Waals surface area contributed by atoms with Crippen LogP contribution in [0.2, 0.25) is 0 Å². The van der Waals surface area contributed by atoms with E-state index in [-0.39, 0.29) is 0 Å². The zero-order valence-electron chi connectivity index (χ0n) is 12.2. The number of aliphatic hydroxyl groups excluding tert-OH is 1. The van der Waals surface area contributed by atoms with E-state index in [1.165, 1.54) is 4.88 Å². The summed E-state index contributed by atoms with van der Waals surface area (Å²) in [7, 11) is 0. The van der Waals surface area contributed by atoms with E-state index >= 15 is 0 Å². The Bertz CT molecular complexity index is 342. The van der Waals surface area contributed by atoms with Crippen molar-refractivity contribution in [1.29, 1.82) is 0 Å². The Kier molecular flexibility index (Phi) is 8.21. The molecule has 1 heterocycles. The Morgan fingerprint density at radius 3 is 2.89 bits per heavy atom. The van der Waals surface area contributed by atoms with Crippen molar-refractivity contribution >= 4 is 11.3 Å². The maximum Gasteiger partial charge on any atom is 0.0897 e. The highest BCUT2D eigenvalue weighted by atomic mass is 32.1. The molecule has 0 saturated carbocycles. The van der Waals surface area contributed by atoms with Gasteiger partial charge < -0.3 is 15.2 Å². The quantitative estimate of drug-likeness (QED) is 0.646. The monoisotopic (exact) mass is 286 g/mol. The van der Waals surface area contributed by atoms with E-state index in [1.54, 1.807) is 11.3 Å². The van der Waals surface area contributed by atoms with E-state index in [9.17, 15) is 5.11 Å². The largest absolute Gasteiger partial charge is 0.389 e. The number of aryl methyl sites for hydroxylation is 1. The first-order valence-electron chi connectivity index (χ1n) is 6.95. The van der Waals surface area contributed by atoms with Crippen molar-refractivity contribution in [2.45, 2.75) is 39.7 Å². The van der Waals surface area contributed by atoms with Crippen molar-refractivity contribution in [3.63, 3.8) is 0 Å². The van der Waals surface area contributed by atoms with Crippen molar-refractivity contribution in [3.05, 3.63) is 16.1 Å². The van der Waals surface area contributed by atoms with Crippen LogP contribution in [-0.2, 0) is 11.2 Å². The lowest BCUT2D eigenvalue weighted by atomic mass is 10.1. The molecule has 1 atom stereocenters. The highest BCUT2D eigenvalue weighted by molar-refractivity contribution is 7.09. The van der Waals surface area contributed by atoms with E-state index in [0.29, 0.717) is 25.7 Å². The summed E-state index contributed by atoms with van der Waals surface area (Å²) in [5.41, 5.74) is 2.95. The minimum Gasteiger partial charge on any atom is -0.389 e. The number of nitrogens with one attached hydrogen (secondary N) is 1. The molecule has 1 rings (SSSR count). The van der Waals surface area contributed by atoms with E-state index in [1.807, 2.05) is 12.4 Å². The minimum absolute atomic E-state index is 0.395. The van der Waals surface area contributed by atoms with Crippen molar-refractivity contribution in [2.75, 3.05) is 26.3 Å². The first-order valence-corrected chi connectivity index (χ1v) is 7.83. The molecule has 1 aromatic heterocycles. The Hall–Kier alpha value is -0.490. The summed E-state index contributed by atoms with van der Waals surface area (Å²) in [6.45, 7) is 9.00. The third-order valence-electron chi connectivity index (χ3n) is 2.91. The first kappa shape index (κ1) is 16.6. The van der Waals surface area contributed by atoms with Crippen LogP contribution >= 0.6 is 11.3 Å². The Balaban J connectivity index is 1.98.